The Hall–Kier alpha value is -4.35. The number of rotatable bonds is 5. The summed E-state index contributed by atoms with van der Waals surface area (Å²) in [7, 11) is 3.37. The highest BCUT2D eigenvalue weighted by Gasteiger charge is 2.27. The molecule has 4 aromatic rings. The number of carbonyl (C=O) groups excluding carboxylic acids is 2. The van der Waals surface area contributed by atoms with E-state index >= 15 is 0 Å². The van der Waals surface area contributed by atoms with Crippen LogP contribution in [0.1, 0.15) is 20.8 Å². The Labute approximate surface area is 206 Å². The molecule has 5 rings (SSSR count). The lowest BCUT2D eigenvalue weighted by atomic mass is 10.0. The average Bonchev–Trinajstić information content (AvgIpc) is 3.50. The highest BCUT2D eigenvalue weighted by Crippen LogP contribution is 2.32. The molecule has 2 amide bonds. The zero-order chi connectivity index (χ0) is 25.4. The third-order valence-corrected chi connectivity index (χ3v) is 6.14. The number of fused-ring (bicyclic) bond motifs is 1. The molecule has 1 aliphatic heterocycles. The second kappa shape index (κ2) is 9.36. The summed E-state index contributed by atoms with van der Waals surface area (Å²) in [6.07, 6.45) is 4.85. The van der Waals surface area contributed by atoms with Gasteiger partial charge in [0.1, 0.15) is 17.2 Å². The van der Waals surface area contributed by atoms with Crippen LogP contribution in [0.4, 0.5) is 5.82 Å². The number of nitrogens with zero attached hydrogens (tertiary/aromatic N) is 4. The van der Waals surface area contributed by atoms with Gasteiger partial charge in [0.2, 0.25) is 0 Å². The highest BCUT2D eigenvalue weighted by molar-refractivity contribution is 6.02. The molecule has 4 aromatic heterocycles. The van der Waals surface area contributed by atoms with Gasteiger partial charge in [0.15, 0.2) is 0 Å². The number of aromatic amines is 1. The van der Waals surface area contributed by atoms with Crippen LogP contribution in [0.25, 0.3) is 33.4 Å². The SMILES string of the molecule is CN(C)C(=O)c1ccc(-c2cc(-c3ccnc4[nH]c(C(=O)NC5COC[C@@H]5N)cc34)cnc2N)nc1. The molecule has 6 N–H and O–H groups in total. The van der Waals surface area contributed by atoms with Crippen molar-refractivity contribution in [2.45, 2.75) is 12.1 Å². The maximum Gasteiger partial charge on any atom is 0.268 e. The molecule has 0 radical (unpaired) electrons. The van der Waals surface area contributed by atoms with E-state index in [2.05, 4.69) is 25.3 Å². The number of pyridine rings is 3. The molecule has 11 heteroatoms. The number of nitrogens with one attached hydrogen (secondary N) is 2. The molecular weight excluding hydrogens is 460 g/mol. The smallest absolute Gasteiger partial charge is 0.268 e. The van der Waals surface area contributed by atoms with Crippen molar-refractivity contribution in [1.82, 2.24) is 30.2 Å². The van der Waals surface area contributed by atoms with Gasteiger partial charge in [-0.25, -0.2) is 9.97 Å². The van der Waals surface area contributed by atoms with Crippen molar-refractivity contribution in [3.63, 3.8) is 0 Å². The van der Waals surface area contributed by atoms with Crippen LogP contribution in [0.2, 0.25) is 0 Å². The summed E-state index contributed by atoms with van der Waals surface area (Å²) in [5, 5.41) is 3.67. The number of ether oxygens (including phenoxy) is 1. The summed E-state index contributed by atoms with van der Waals surface area (Å²) in [6.45, 7) is 0.800. The fourth-order valence-electron chi connectivity index (χ4n) is 4.13. The van der Waals surface area contributed by atoms with Crippen LogP contribution in [0.5, 0.6) is 0 Å². The van der Waals surface area contributed by atoms with E-state index in [1.54, 1.807) is 44.7 Å². The molecule has 36 heavy (non-hydrogen) atoms. The van der Waals surface area contributed by atoms with Crippen LogP contribution in [-0.2, 0) is 4.74 Å². The summed E-state index contributed by atoms with van der Waals surface area (Å²) in [5.41, 5.74) is 16.4. The lowest BCUT2D eigenvalue weighted by Gasteiger charge is -2.14. The molecule has 0 bridgehead atoms. The lowest BCUT2D eigenvalue weighted by molar-refractivity contribution is 0.0826. The summed E-state index contributed by atoms with van der Waals surface area (Å²) in [6, 6.07) is 8.45. The van der Waals surface area contributed by atoms with E-state index in [4.69, 9.17) is 16.2 Å². The first-order chi connectivity index (χ1) is 17.3. The first-order valence-corrected chi connectivity index (χ1v) is 11.4. The van der Waals surface area contributed by atoms with Gasteiger partial charge in [-0.05, 0) is 35.9 Å². The topological polar surface area (TPSA) is 165 Å². The molecular formula is C25H26N8O3. The van der Waals surface area contributed by atoms with Crippen molar-refractivity contribution in [2.24, 2.45) is 5.73 Å². The van der Waals surface area contributed by atoms with E-state index in [1.165, 1.54) is 11.1 Å². The van der Waals surface area contributed by atoms with Crippen LogP contribution in [0, 0.1) is 0 Å². The van der Waals surface area contributed by atoms with Crippen molar-refractivity contribution >= 4 is 28.7 Å². The predicted molar refractivity (Wildman–Crippen MR) is 135 cm³/mol. The number of nitrogens with two attached hydrogens (primary N) is 2. The van der Waals surface area contributed by atoms with Crippen LogP contribution in [0.3, 0.4) is 0 Å². The lowest BCUT2D eigenvalue weighted by Crippen LogP contribution is -2.46. The van der Waals surface area contributed by atoms with Crippen LogP contribution >= 0.6 is 0 Å². The van der Waals surface area contributed by atoms with Crippen molar-refractivity contribution in [3.05, 3.63) is 60.2 Å². The molecule has 0 aliphatic carbocycles. The molecule has 0 aromatic carbocycles. The van der Waals surface area contributed by atoms with E-state index < -0.39 is 0 Å². The molecule has 1 aliphatic rings. The van der Waals surface area contributed by atoms with Gasteiger partial charge in [0, 0.05) is 49.2 Å². The van der Waals surface area contributed by atoms with Gasteiger partial charge < -0.3 is 31.4 Å². The fraction of sp³-hybridized carbons (Fsp3) is 0.240. The van der Waals surface area contributed by atoms with Crippen molar-refractivity contribution in [1.29, 1.82) is 0 Å². The number of amides is 2. The minimum Gasteiger partial charge on any atom is -0.383 e. The standard InChI is InChI=1S/C25H26N8O3/c1-33(2)25(35)13-3-4-19(29-9-13)17-7-14(10-30-22(17)27)15-5-6-28-23-16(15)8-20(31-23)24(34)32-21-12-36-11-18(21)26/h3-10,18,21H,11-12,26H2,1-2H3,(H2,27,30)(H,28,31)(H,32,34)/t18-,21?/m0/s1. The molecule has 0 spiro atoms. The Kier molecular flexibility index (Phi) is 6.08. The van der Waals surface area contributed by atoms with Crippen molar-refractivity contribution < 1.29 is 14.3 Å². The Morgan fingerprint density at radius 3 is 2.61 bits per heavy atom. The predicted octanol–water partition coefficient (Wildman–Crippen LogP) is 1.43. The summed E-state index contributed by atoms with van der Waals surface area (Å²) in [4.78, 5) is 42.8. The minimum absolute atomic E-state index is 0.136. The zero-order valence-electron chi connectivity index (χ0n) is 19.9. The monoisotopic (exact) mass is 486 g/mol. The average molecular weight is 487 g/mol. The second-order valence-electron chi connectivity index (χ2n) is 8.87. The molecule has 1 saturated heterocycles. The van der Waals surface area contributed by atoms with Crippen LogP contribution < -0.4 is 16.8 Å². The Morgan fingerprint density at radius 2 is 1.92 bits per heavy atom. The summed E-state index contributed by atoms with van der Waals surface area (Å²) >= 11 is 0. The maximum absolute atomic E-state index is 12.8. The van der Waals surface area contributed by atoms with E-state index in [0.717, 1.165) is 16.5 Å². The van der Waals surface area contributed by atoms with E-state index in [-0.39, 0.29) is 23.9 Å². The largest absolute Gasteiger partial charge is 0.383 e. The first-order valence-electron chi connectivity index (χ1n) is 11.4. The second-order valence-corrected chi connectivity index (χ2v) is 8.87. The summed E-state index contributed by atoms with van der Waals surface area (Å²) < 4.78 is 5.32. The van der Waals surface area contributed by atoms with E-state index in [0.29, 0.717) is 47.2 Å². The molecule has 11 nitrogen and oxygen atoms in total. The highest BCUT2D eigenvalue weighted by atomic mass is 16.5. The quantitative estimate of drug-likeness (QED) is 0.329. The molecule has 2 atom stereocenters. The minimum atomic E-state index is -0.280. The zero-order valence-corrected chi connectivity index (χ0v) is 19.9. The van der Waals surface area contributed by atoms with Gasteiger partial charge in [-0.2, -0.15) is 0 Å². The molecule has 5 heterocycles. The van der Waals surface area contributed by atoms with E-state index in [1.807, 2.05) is 12.1 Å². The summed E-state index contributed by atoms with van der Waals surface area (Å²) in [5.74, 6) is -0.104. The number of nitrogen functional groups attached to an aromatic ring is 1. The van der Waals surface area contributed by atoms with E-state index in [9.17, 15) is 9.59 Å². The van der Waals surface area contributed by atoms with Gasteiger partial charge >= 0.3 is 0 Å². The Balaban J connectivity index is 1.47. The van der Waals surface area contributed by atoms with Crippen LogP contribution in [0.15, 0.2) is 48.9 Å². The number of H-pyrrole nitrogens is 1. The van der Waals surface area contributed by atoms with Crippen LogP contribution in [-0.4, -0.2) is 76.0 Å². The Morgan fingerprint density at radius 1 is 1.08 bits per heavy atom. The molecule has 0 saturated carbocycles. The number of hydrogen-bond donors (Lipinski definition) is 4. The number of carbonyl (C=O) groups is 2. The third-order valence-electron chi connectivity index (χ3n) is 6.14. The maximum atomic E-state index is 12.8. The van der Waals surface area contributed by atoms with Gasteiger partial charge in [-0.15, -0.1) is 0 Å². The molecule has 1 fully saturated rings. The van der Waals surface area contributed by atoms with Gasteiger partial charge in [-0.3, -0.25) is 14.6 Å². The Bertz CT molecular complexity index is 1450. The fourth-order valence-corrected chi connectivity index (χ4v) is 4.13. The number of aromatic nitrogens is 4. The van der Waals surface area contributed by atoms with Crippen molar-refractivity contribution in [3.8, 4) is 22.4 Å². The van der Waals surface area contributed by atoms with Gasteiger partial charge in [0.25, 0.3) is 11.8 Å². The van der Waals surface area contributed by atoms with Crippen molar-refractivity contribution in [2.75, 3.05) is 33.0 Å². The first kappa shape index (κ1) is 23.4. The normalized spacial score (nSPS) is 17.3. The van der Waals surface area contributed by atoms with Gasteiger partial charge in [0.05, 0.1) is 36.6 Å². The molecule has 1 unspecified atom stereocenters. The number of hydrogen-bond acceptors (Lipinski definition) is 8. The van der Waals surface area contributed by atoms with Gasteiger partial charge in [-0.1, -0.05) is 0 Å². The molecule has 184 valence electrons. The number of anilines is 1. The third kappa shape index (κ3) is 4.37.